The van der Waals surface area contributed by atoms with E-state index in [1.807, 2.05) is 66.2 Å². The second-order valence-corrected chi connectivity index (χ2v) is 6.98. The first-order chi connectivity index (χ1) is 12.1. The Kier molecular flexibility index (Phi) is 5.79. The summed E-state index contributed by atoms with van der Waals surface area (Å²) in [4.78, 5) is 17.4. The molecule has 0 bridgehead atoms. The number of thioether (sulfide) groups is 1. The van der Waals surface area contributed by atoms with Crippen LogP contribution >= 0.6 is 23.4 Å². The predicted octanol–water partition coefficient (Wildman–Crippen LogP) is 4.24. The third kappa shape index (κ3) is 4.65. The van der Waals surface area contributed by atoms with Crippen LogP contribution in [-0.4, -0.2) is 21.2 Å². The van der Waals surface area contributed by atoms with Gasteiger partial charge < -0.3 is 9.88 Å². The van der Waals surface area contributed by atoms with E-state index in [9.17, 15) is 4.79 Å². The number of carbonyl (C=O) groups excluding carboxylic acids is 1. The van der Waals surface area contributed by atoms with E-state index in [1.165, 1.54) is 11.8 Å². The molecule has 0 radical (unpaired) electrons. The zero-order valence-corrected chi connectivity index (χ0v) is 15.3. The average molecular weight is 372 g/mol. The van der Waals surface area contributed by atoms with Gasteiger partial charge in [-0.25, -0.2) is 4.98 Å². The highest BCUT2D eigenvalue weighted by atomic mass is 35.5. The van der Waals surface area contributed by atoms with Gasteiger partial charge in [0, 0.05) is 28.9 Å². The van der Waals surface area contributed by atoms with Crippen LogP contribution in [0.15, 0.2) is 65.8 Å². The third-order valence-corrected chi connectivity index (χ3v) is 5.00. The summed E-state index contributed by atoms with van der Waals surface area (Å²) in [5.74, 6) is 1.28. The van der Waals surface area contributed by atoms with Gasteiger partial charge >= 0.3 is 0 Å². The van der Waals surface area contributed by atoms with Crippen LogP contribution in [0.3, 0.4) is 0 Å². The predicted molar refractivity (Wildman–Crippen MR) is 102 cm³/mol. The summed E-state index contributed by atoms with van der Waals surface area (Å²) in [7, 11) is 0. The molecule has 0 atom stereocenters. The van der Waals surface area contributed by atoms with Gasteiger partial charge in [0.15, 0.2) is 0 Å². The highest BCUT2D eigenvalue weighted by Gasteiger charge is 2.08. The number of aryl methyl sites for hydroxylation is 1. The molecule has 1 heterocycles. The molecular weight excluding hydrogens is 354 g/mol. The SMILES string of the molecule is Cc1nccn1-c1ccccc1CNC(=O)CSc1ccc(Cl)cc1. The van der Waals surface area contributed by atoms with Gasteiger partial charge in [-0.15, -0.1) is 11.8 Å². The largest absolute Gasteiger partial charge is 0.351 e. The van der Waals surface area contributed by atoms with Crippen molar-refractivity contribution in [2.75, 3.05) is 5.75 Å². The monoisotopic (exact) mass is 371 g/mol. The van der Waals surface area contributed by atoms with Crippen molar-refractivity contribution in [1.29, 1.82) is 0 Å². The van der Waals surface area contributed by atoms with Gasteiger partial charge in [0.2, 0.25) is 5.91 Å². The number of hydrogen-bond acceptors (Lipinski definition) is 3. The maximum atomic E-state index is 12.1. The molecular formula is C19H18ClN3OS. The quantitative estimate of drug-likeness (QED) is 0.659. The standard InChI is InChI=1S/C19H18ClN3OS/c1-14-21-10-11-23(14)18-5-3-2-4-15(18)12-22-19(24)13-25-17-8-6-16(20)7-9-17/h2-11H,12-13H2,1H3,(H,22,24). The van der Waals surface area contributed by atoms with Crippen LogP contribution in [0.1, 0.15) is 11.4 Å². The number of nitrogens with zero attached hydrogens (tertiary/aromatic N) is 2. The van der Waals surface area contributed by atoms with Crippen LogP contribution in [0.2, 0.25) is 5.02 Å². The molecule has 0 aliphatic carbocycles. The Balaban J connectivity index is 1.59. The minimum atomic E-state index is -0.00268. The fourth-order valence-corrected chi connectivity index (χ4v) is 3.31. The summed E-state index contributed by atoms with van der Waals surface area (Å²) in [6.07, 6.45) is 3.69. The van der Waals surface area contributed by atoms with Crippen LogP contribution < -0.4 is 5.32 Å². The molecule has 0 spiro atoms. The zero-order valence-electron chi connectivity index (χ0n) is 13.8. The lowest BCUT2D eigenvalue weighted by Crippen LogP contribution is -2.25. The van der Waals surface area contributed by atoms with E-state index in [0.29, 0.717) is 17.3 Å². The van der Waals surface area contributed by atoms with E-state index in [0.717, 1.165) is 22.0 Å². The maximum Gasteiger partial charge on any atom is 0.230 e. The van der Waals surface area contributed by atoms with E-state index in [2.05, 4.69) is 10.3 Å². The van der Waals surface area contributed by atoms with E-state index in [4.69, 9.17) is 11.6 Å². The Morgan fingerprint density at radius 3 is 2.68 bits per heavy atom. The Labute approximate surface area is 156 Å². The van der Waals surface area contributed by atoms with E-state index < -0.39 is 0 Å². The van der Waals surface area contributed by atoms with Gasteiger partial charge in [-0.2, -0.15) is 0 Å². The van der Waals surface area contributed by atoms with Gasteiger partial charge in [0.1, 0.15) is 5.82 Å². The van der Waals surface area contributed by atoms with Crippen molar-refractivity contribution in [2.24, 2.45) is 0 Å². The van der Waals surface area contributed by atoms with Crippen molar-refractivity contribution >= 4 is 29.3 Å². The molecule has 128 valence electrons. The Morgan fingerprint density at radius 2 is 1.96 bits per heavy atom. The van der Waals surface area contributed by atoms with E-state index >= 15 is 0 Å². The van der Waals surface area contributed by atoms with Crippen molar-refractivity contribution in [3.05, 3.63) is 77.3 Å². The summed E-state index contributed by atoms with van der Waals surface area (Å²) in [5, 5.41) is 3.68. The Hall–Kier alpha value is -2.24. The number of nitrogens with one attached hydrogen (secondary N) is 1. The van der Waals surface area contributed by atoms with Crippen LogP contribution in [0.25, 0.3) is 5.69 Å². The fraction of sp³-hybridized carbons (Fsp3) is 0.158. The Bertz CT molecular complexity index is 861. The molecule has 2 aromatic carbocycles. The summed E-state index contributed by atoms with van der Waals surface area (Å²) >= 11 is 7.36. The van der Waals surface area contributed by atoms with Crippen LogP contribution in [0.5, 0.6) is 0 Å². The molecule has 0 fully saturated rings. The van der Waals surface area contributed by atoms with Gasteiger partial charge in [-0.3, -0.25) is 4.79 Å². The molecule has 6 heteroatoms. The number of halogens is 1. The molecule has 3 rings (SSSR count). The molecule has 0 saturated heterocycles. The number of benzene rings is 2. The van der Waals surface area contributed by atoms with Gasteiger partial charge in [-0.1, -0.05) is 29.8 Å². The highest BCUT2D eigenvalue weighted by Crippen LogP contribution is 2.20. The highest BCUT2D eigenvalue weighted by molar-refractivity contribution is 8.00. The molecule has 1 N–H and O–H groups in total. The number of hydrogen-bond donors (Lipinski definition) is 1. The molecule has 0 unspecified atom stereocenters. The van der Waals surface area contributed by atoms with Crippen molar-refractivity contribution < 1.29 is 4.79 Å². The van der Waals surface area contributed by atoms with Gasteiger partial charge in [0.05, 0.1) is 11.4 Å². The summed E-state index contributed by atoms with van der Waals surface area (Å²) < 4.78 is 2.02. The molecule has 0 saturated carbocycles. The van der Waals surface area contributed by atoms with E-state index in [-0.39, 0.29) is 5.91 Å². The van der Waals surface area contributed by atoms with Crippen molar-refractivity contribution in [1.82, 2.24) is 14.9 Å². The first kappa shape index (κ1) is 17.6. The van der Waals surface area contributed by atoms with Gasteiger partial charge in [-0.05, 0) is 42.8 Å². The minimum Gasteiger partial charge on any atom is -0.351 e. The molecule has 1 aromatic heterocycles. The number of imidazole rings is 1. The van der Waals surface area contributed by atoms with Gasteiger partial charge in [0.25, 0.3) is 0 Å². The first-order valence-corrected chi connectivity index (χ1v) is 9.23. The van der Waals surface area contributed by atoms with Crippen molar-refractivity contribution in [3.8, 4) is 5.69 Å². The van der Waals surface area contributed by atoms with E-state index in [1.54, 1.807) is 6.20 Å². The normalized spacial score (nSPS) is 10.6. The lowest BCUT2D eigenvalue weighted by atomic mass is 10.1. The summed E-state index contributed by atoms with van der Waals surface area (Å²) in [6, 6.07) is 15.5. The fourth-order valence-electron chi connectivity index (χ4n) is 2.45. The molecule has 4 nitrogen and oxygen atoms in total. The zero-order chi connectivity index (χ0) is 17.6. The number of rotatable bonds is 6. The minimum absolute atomic E-state index is 0.00268. The van der Waals surface area contributed by atoms with Crippen molar-refractivity contribution in [2.45, 2.75) is 18.4 Å². The average Bonchev–Trinajstić information content (AvgIpc) is 3.05. The number of carbonyl (C=O) groups is 1. The number of para-hydroxylation sites is 1. The lowest BCUT2D eigenvalue weighted by Gasteiger charge is -2.12. The summed E-state index contributed by atoms with van der Waals surface area (Å²) in [5.41, 5.74) is 2.08. The second-order valence-electron chi connectivity index (χ2n) is 5.49. The van der Waals surface area contributed by atoms with Crippen LogP contribution in [0, 0.1) is 6.92 Å². The topological polar surface area (TPSA) is 46.9 Å². The molecule has 25 heavy (non-hydrogen) atoms. The van der Waals surface area contributed by atoms with Crippen LogP contribution in [0.4, 0.5) is 0 Å². The second kappa shape index (κ2) is 8.23. The maximum absolute atomic E-state index is 12.1. The van der Waals surface area contributed by atoms with Crippen LogP contribution in [-0.2, 0) is 11.3 Å². The Morgan fingerprint density at radius 1 is 1.20 bits per heavy atom. The third-order valence-electron chi connectivity index (χ3n) is 3.74. The molecule has 0 aliphatic rings. The van der Waals surface area contributed by atoms with Crippen molar-refractivity contribution in [3.63, 3.8) is 0 Å². The lowest BCUT2D eigenvalue weighted by molar-refractivity contribution is -0.118. The smallest absolute Gasteiger partial charge is 0.230 e. The number of amides is 1. The molecule has 0 aliphatic heterocycles. The number of aromatic nitrogens is 2. The molecule has 3 aromatic rings. The summed E-state index contributed by atoms with van der Waals surface area (Å²) in [6.45, 7) is 2.44. The molecule has 1 amide bonds. The first-order valence-electron chi connectivity index (χ1n) is 7.87.